The van der Waals surface area contributed by atoms with Crippen LogP contribution in [0.4, 0.5) is 13.2 Å². The van der Waals surface area contributed by atoms with Crippen LogP contribution in [0.5, 0.6) is 5.75 Å². The summed E-state index contributed by atoms with van der Waals surface area (Å²) in [5.74, 6) is -1.30. The fraction of sp³-hybridized carbons (Fsp3) is 0.667. The zero-order valence-corrected chi connectivity index (χ0v) is 17.6. The Balaban J connectivity index is 3.34. The van der Waals surface area contributed by atoms with Gasteiger partial charge in [-0.3, -0.25) is 9.36 Å². The highest BCUT2D eigenvalue weighted by molar-refractivity contribution is 7.88. The summed E-state index contributed by atoms with van der Waals surface area (Å²) in [7, 11) is -4.73. The van der Waals surface area contributed by atoms with E-state index in [0.717, 1.165) is 36.3 Å². The number of aryl methyl sites for hydroxylation is 1. The van der Waals surface area contributed by atoms with Crippen molar-refractivity contribution in [2.45, 2.75) is 64.4 Å². The van der Waals surface area contributed by atoms with Crippen LogP contribution in [0.2, 0.25) is 0 Å². The lowest BCUT2D eigenvalue weighted by Gasteiger charge is -2.25. The summed E-state index contributed by atoms with van der Waals surface area (Å²) >= 11 is 0. The minimum atomic E-state index is -5.91. The van der Waals surface area contributed by atoms with Gasteiger partial charge in [-0.2, -0.15) is 21.6 Å². The van der Waals surface area contributed by atoms with E-state index in [1.165, 1.54) is 14.0 Å². The van der Waals surface area contributed by atoms with Gasteiger partial charge < -0.3 is 8.92 Å². The Labute approximate surface area is 167 Å². The molecule has 0 fully saturated rings. The summed E-state index contributed by atoms with van der Waals surface area (Å²) in [6.07, 6.45) is 3.75. The van der Waals surface area contributed by atoms with E-state index in [-0.39, 0.29) is 11.6 Å². The molecule has 0 saturated heterocycles. The Morgan fingerprint density at radius 2 is 1.72 bits per heavy atom. The predicted molar refractivity (Wildman–Crippen MR) is 100 cm³/mol. The highest BCUT2D eigenvalue weighted by atomic mass is 32.2. The first-order valence-corrected chi connectivity index (χ1v) is 10.6. The van der Waals surface area contributed by atoms with E-state index < -0.39 is 38.9 Å². The summed E-state index contributed by atoms with van der Waals surface area (Å²) in [6, 6.07) is 0.597. The molecule has 166 valence electrons. The van der Waals surface area contributed by atoms with Gasteiger partial charge in [-0.05, 0) is 19.3 Å². The molecule has 1 atom stereocenters. The molecule has 1 aromatic heterocycles. The number of aromatic nitrogens is 1. The van der Waals surface area contributed by atoms with Gasteiger partial charge in [0.25, 0.3) is 5.56 Å². The van der Waals surface area contributed by atoms with Crippen LogP contribution in [-0.4, -0.2) is 31.6 Å². The Hall–Kier alpha value is -2.04. The number of hydrogen-bond donors (Lipinski definition) is 0. The first kappa shape index (κ1) is 25.0. The second kappa shape index (κ2) is 10.1. The van der Waals surface area contributed by atoms with Gasteiger partial charge in [0, 0.05) is 17.8 Å². The number of pyridine rings is 1. The van der Waals surface area contributed by atoms with E-state index in [1.54, 1.807) is 0 Å². The van der Waals surface area contributed by atoms with E-state index in [9.17, 15) is 31.2 Å². The molecule has 1 rings (SSSR count). The largest absolute Gasteiger partial charge is 0.534 e. The number of methoxy groups -OCH3 is 1. The second-order valence-electron chi connectivity index (χ2n) is 6.74. The van der Waals surface area contributed by atoms with Crippen molar-refractivity contribution in [2.24, 2.45) is 5.92 Å². The van der Waals surface area contributed by atoms with Crippen LogP contribution in [0.1, 0.15) is 57.7 Å². The van der Waals surface area contributed by atoms with Crippen molar-refractivity contribution >= 4 is 16.1 Å². The average Bonchev–Trinajstić information content (AvgIpc) is 2.58. The van der Waals surface area contributed by atoms with Crippen LogP contribution in [0, 0.1) is 12.8 Å². The van der Waals surface area contributed by atoms with Gasteiger partial charge in [0.05, 0.1) is 7.11 Å². The maximum atomic E-state index is 12.6. The zero-order valence-electron chi connectivity index (χ0n) is 16.8. The molecule has 0 aromatic carbocycles. The van der Waals surface area contributed by atoms with E-state index >= 15 is 0 Å². The number of alkyl halides is 3. The first-order valence-electron chi connectivity index (χ1n) is 9.19. The standard InChI is InChI=1S/C18H26F3NO6S/c1-5-7-13(8-6-2)10-15(17(24)27-4)22-12(3)9-14(11-16(22)23)28-29(25,26)18(19,20)21/h9,11,13,15H,5-8,10H2,1-4H3. The number of ether oxygens (including phenoxy) is 1. The van der Waals surface area contributed by atoms with Crippen molar-refractivity contribution in [1.82, 2.24) is 4.57 Å². The molecule has 0 aliphatic rings. The molecular weight excluding hydrogens is 415 g/mol. The third kappa shape index (κ3) is 6.48. The van der Waals surface area contributed by atoms with Crippen molar-refractivity contribution in [3.8, 4) is 5.75 Å². The highest BCUT2D eigenvalue weighted by Crippen LogP contribution is 2.29. The van der Waals surface area contributed by atoms with Crippen LogP contribution in [0.25, 0.3) is 0 Å². The van der Waals surface area contributed by atoms with E-state index in [4.69, 9.17) is 4.74 Å². The Morgan fingerprint density at radius 3 is 2.14 bits per heavy atom. The Kier molecular flexibility index (Phi) is 8.73. The van der Waals surface area contributed by atoms with Gasteiger partial charge in [0.1, 0.15) is 11.8 Å². The summed E-state index contributed by atoms with van der Waals surface area (Å²) in [5, 5.41) is 0. The molecule has 11 heteroatoms. The highest BCUT2D eigenvalue weighted by Gasteiger charge is 2.48. The fourth-order valence-corrected chi connectivity index (χ4v) is 3.70. The fourth-order valence-electron chi connectivity index (χ4n) is 3.26. The number of hydrogen-bond acceptors (Lipinski definition) is 6. The smallest absolute Gasteiger partial charge is 0.467 e. The number of halogens is 3. The van der Waals surface area contributed by atoms with Gasteiger partial charge in [-0.1, -0.05) is 39.5 Å². The normalized spacial score (nSPS) is 13.4. The lowest BCUT2D eigenvalue weighted by molar-refractivity contribution is -0.145. The molecule has 0 radical (unpaired) electrons. The van der Waals surface area contributed by atoms with Crippen molar-refractivity contribution < 1.29 is 35.3 Å². The third-order valence-electron chi connectivity index (χ3n) is 4.46. The topological polar surface area (TPSA) is 91.7 Å². The predicted octanol–water partition coefficient (Wildman–Crippen LogP) is 3.71. The van der Waals surface area contributed by atoms with E-state index in [1.807, 2.05) is 13.8 Å². The van der Waals surface area contributed by atoms with Crippen molar-refractivity contribution in [3.63, 3.8) is 0 Å². The lowest BCUT2D eigenvalue weighted by Crippen LogP contribution is -2.34. The molecule has 29 heavy (non-hydrogen) atoms. The minimum absolute atomic E-state index is 0.0759. The molecule has 0 amide bonds. The number of esters is 1. The molecule has 1 aromatic rings. The average molecular weight is 441 g/mol. The molecule has 0 aliphatic carbocycles. The Bertz CT molecular complexity index is 857. The molecule has 0 bridgehead atoms. The van der Waals surface area contributed by atoms with Crippen LogP contribution < -0.4 is 9.74 Å². The van der Waals surface area contributed by atoms with Crippen molar-refractivity contribution in [2.75, 3.05) is 7.11 Å². The summed E-state index contributed by atoms with van der Waals surface area (Å²) < 4.78 is 69.8. The molecule has 0 aliphatic heterocycles. The lowest BCUT2D eigenvalue weighted by atomic mass is 9.91. The molecule has 1 unspecified atom stereocenters. The molecule has 7 nitrogen and oxygen atoms in total. The molecule has 1 heterocycles. The van der Waals surface area contributed by atoms with Crippen LogP contribution >= 0.6 is 0 Å². The summed E-state index contributed by atoms with van der Waals surface area (Å²) in [4.78, 5) is 24.9. The van der Waals surface area contributed by atoms with Gasteiger partial charge in [-0.25, -0.2) is 4.79 Å². The number of nitrogens with zero attached hydrogens (tertiary/aromatic N) is 1. The van der Waals surface area contributed by atoms with E-state index in [0.29, 0.717) is 12.5 Å². The summed E-state index contributed by atoms with van der Waals surface area (Å²) in [5.41, 5.74) is -6.41. The van der Waals surface area contributed by atoms with Crippen molar-refractivity contribution in [1.29, 1.82) is 0 Å². The van der Waals surface area contributed by atoms with Gasteiger partial charge in [0.2, 0.25) is 0 Å². The molecule has 0 saturated carbocycles. The molecular formula is C18H26F3NO6S. The van der Waals surface area contributed by atoms with Crippen molar-refractivity contribution in [3.05, 3.63) is 28.2 Å². The maximum absolute atomic E-state index is 12.6. The Morgan fingerprint density at radius 1 is 1.17 bits per heavy atom. The summed E-state index contributed by atoms with van der Waals surface area (Å²) in [6.45, 7) is 5.37. The monoisotopic (exact) mass is 441 g/mol. The van der Waals surface area contributed by atoms with Crippen LogP contribution in [0.15, 0.2) is 16.9 Å². The molecule has 0 N–H and O–H groups in total. The number of rotatable bonds is 10. The minimum Gasteiger partial charge on any atom is -0.467 e. The SMILES string of the molecule is CCCC(CCC)CC(C(=O)OC)n1c(C)cc(OS(=O)(=O)C(F)(F)F)cc1=O. The first-order chi connectivity index (χ1) is 13.4. The quantitative estimate of drug-likeness (QED) is 0.312. The number of carbonyl (C=O) groups excluding carboxylic acids is 1. The van der Waals surface area contributed by atoms with Gasteiger partial charge in [0.15, 0.2) is 0 Å². The maximum Gasteiger partial charge on any atom is 0.534 e. The van der Waals surface area contributed by atoms with Gasteiger partial charge >= 0.3 is 21.6 Å². The van der Waals surface area contributed by atoms with E-state index in [2.05, 4.69) is 4.18 Å². The van der Waals surface area contributed by atoms with Crippen LogP contribution in [0.3, 0.4) is 0 Å². The zero-order chi connectivity index (χ0) is 22.4. The van der Waals surface area contributed by atoms with Gasteiger partial charge in [-0.15, -0.1) is 0 Å². The third-order valence-corrected chi connectivity index (χ3v) is 5.44. The van der Waals surface area contributed by atoms with Crippen LogP contribution in [-0.2, 0) is 19.6 Å². The second-order valence-corrected chi connectivity index (χ2v) is 8.28. The molecule has 0 spiro atoms. The number of carbonyl (C=O) groups is 1.